The molecule has 3 heterocycles. The Balaban J connectivity index is 1.46. The Hall–Kier alpha value is -1.14. The van der Waals surface area contributed by atoms with Crippen molar-refractivity contribution < 1.29 is 9.53 Å². The first-order valence-corrected chi connectivity index (χ1v) is 10.2. The van der Waals surface area contributed by atoms with Crippen LogP contribution < -0.4 is 4.90 Å². The van der Waals surface area contributed by atoms with Gasteiger partial charge < -0.3 is 9.64 Å². The van der Waals surface area contributed by atoms with Gasteiger partial charge in [-0.1, -0.05) is 19.3 Å². The van der Waals surface area contributed by atoms with Crippen LogP contribution in [0.25, 0.3) is 0 Å². The van der Waals surface area contributed by atoms with Crippen LogP contribution >= 0.6 is 15.9 Å². The van der Waals surface area contributed by atoms with E-state index >= 15 is 0 Å². The number of pyridine rings is 1. The number of carbonyl (C=O) groups excluding carboxylic acids is 1. The Labute approximate surface area is 157 Å². The van der Waals surface area contributed by atoms with Crippen LogP contribution in [0.3, 0.4) is 0 Å². The molecule has 2 unspecified atom stereocenters. The van der Waals surface area contributed by atoms with Crippen LogP contribution in [-0.4, -0.2) is 55.2 Å². The third-order valence-corrected chi connectivity index (χ3v) is 6.58. The molecule has 0 amide bonds. The van der Waals surface area contributed by atoms with Gasteiger partial charge in [0, 0.05) is 42.9 Å². The maximum Gasteiger partial charge on any atom is 0.341 e. The Kier molecular flexibility index (Phi) is 5.00. The normalized spacial score (nSPS) is 27.5. The highest BCUT2D eigenvalue weighted by Crippen LogP contribution is 2.37. The predicted octanol–water partition coefficient (Wildman–Crippen LogP) is 3.33. The summed E-state index contributed by atoms with van der Waals surface area (Å²) < 4.78 is 5.75. The fourth-order valence-electron chi connectivity index (χ4n) is 4.89. The van der Waals surface area contributed by atoms with E-state index in [1.807, 2.05) is 6.07 Å². The fraction of sp³-hybridized carbons (Fsp3) is 0.684. The maximum absolute atomic E-state index is 12.1. The number of anilines is 1. The van der Waals surface area contributed by atoms with Crippen LogP contribution in [0.1, 0.15) is 42.5 Å². The zero-order valence-corrected chi connectivity index (χ0v) is 16.4. The topological polar surface area (TPSA) is 45.7 Å². The Morgan fingerprint density at radius 1 is 1.16 bits per heavy atom. The van der Waals surface area contributed by atoms with Crippen molar-refractivity contribution in [2.75, 3.05) is 38.2 Å². The molecule has 0 bridgehead atoms. The van der Waals surface area contributed by atoms with Crippen molar-refractivity contribution in [1.82, 2.24) is 9.88 Å². The number of aromatic nitrogens is 1. The van der Waals surface area contributed by atoms with Gasteiger partial charge in [0.15, 0.2) is 0 Å². The summed E-state index contributed by atoms with van der Waals surface area (Å²) in [6.07, 6.45) is 8.73. The quantitative estimate of drug-likeness (QED) is 0.718. The molecule has 2 aliphatic heterocycles. The summed E-state index contributed by atoms with van der Waals surface area (Å²) in [5.41, 5.74) is 0.556. The molecule has 6 heteroatoms. The molecular weight excluding hydrogens is 382 g/mol. The Morgan fingerprint density at radius 2 is 1.84 bits per heavy atom. The van der Waals surface area contributed by atoms with Gasteiger partial charge in [-0.3, -0.25) is 4.90 Å². The Bertz CT molecular complexity index is 634. The van der Waals surface area contributed by atoms with E-state index in [9.17, 15) is 4.79 Å². The van der Waals surface area contributed by atoms with Crippen LogP contribution in [0.4, 0.5) is 5.82 Å². The first-order valence-electron chi connectivity index (χ1n) is 9.38. The van der Waals surface area contributed by atoms with Gasteiger partial charge in [-0.15, -0.1) is 0 Å². The molecule has 2 saturated heterocycles. The van der Waals surface area contributed by atoms with Crippen LogP contribution in [0.15, 0.2) is 16.7 Å². The van der Waals surface area contributed by atoms with Gasteiger partial charge in [0.2, 0.25) is 0 Å². The third kappa shape index (κ3) is 3.43. The standard InChI is InChI=1S/C19H26BrN3O2/c1-25-19(24)17-7-15(20)8-21-18(17)23-11-13-9-22(10-14(13)12-23)16-5-3-2-4-6-16/h7-8,13-14,16H,2-6,9-12H2,1H3. The zero-order valence-electron chi connectivity index (χ0n) is 14.8. The number of nitrogens with zero attached hydrogens (tertiary/aromatic N) is 3. The van der Waals surface area contributed by atoms with E-state index < -0.39 is 0 Å². The van der Waals surface area contributed by atoms with Crippen molar-refractivity contribution in [3.05, 3.63) is 22.3 Å². The number of carbonyl (C=O) groups is 1. The third-order valence-electron chi connectivity index (χ3n) is 6.14. The number of likely N-dealkylation sites (tertiary alicyclic amines) is 1. The fourth-order valence-corrected chi connectivity index (χ4v) is 5.22. The summed E-state index contributed by atoms with van der Waals surface area (Å²) in [6.45, 7) is 4.39. The summed E-state index contributed by atoms with van der Waals surface area (Å²) in [5, 5.41) is 0. The second-order valence-corrected chi connectivity index (χ2v) is 8.60. The van der Waals surface area contributed by atoms with Gasteiger partial charge in [-0.05, 0) is 46.7 Å². The summed E-state index contributed by atoms with van der Waals surface area (Å²) in [5.74, 6) is 1.84. The molecule has 1 aliphatic carbocycles. The van der Waals surface area contributed by atoms with Gasteiger partial charge in [-0.2, -0.15) is 0 Å². The van der Waals surface area contributed by atoms with Crippen LogP contribution in [0.2, 0.25) is 0 Å². The first-order chi connectivity index (χ1) is 12.2. The number of esters is 1. The van der Waals surface area contributed by atoms with Crippen molar-refractivity contribution >= 4 is 27.7 Å². The maximum atomic E-state index is 12.1. The van der Waals surface area contributed by atoms with Gasteiger partial charge >= 0.3 is 5.97 Å². The number of ether oxygens (including phenoxy) is 1. The average molecular weight is 408 g/mol. The predicted molar refractivity (Wildman–Crippen MR) is 101 cm³/mol. The second-order valence-electron chi connectivity index (χ2n) is 7.69. The van der Waals surface area contributed by atoms with Crippen LogP contribution in [0.5, 0.6) is 0 Å². The van der Waals surface area contributed by atoms with Gasteiger partial charge in [0.05, 0.1) is 7.11 Å². The molecule has 2 atom stereocenters. The van der Waals surface area contributed by atoms with Crippen LogP contribution in [0, 0.1) is 11.8 Å². The number of rotatable bonds is 3. The lowest BCUT2D eigenvalue weighted by Gasteiger charge is -2.32. The molecule has 0 N–H and O–H groups in total. The number of methoxy groups -OCH3 is 1. The minimum atomic E-state index is -0.315. The summed E-state index contributed by atoms with van der Waals surface area (Å²) in [4.78, 5) is 21.7. The van der Waals surface area contributed by atoms with Gasteiger partial charge in [-0.25, -0.2) is 9.78 Å². The molecule has 4 rings (SSSR count). The van der Waals surface area contributed by atoms with E-state index in [-0.39, 0.29) is 5.97 Å². The molecular formula is C19H26BrN3O2. The molecule has 136 valence electrons. The molecule has 1 aromatic heterocycles. The molecule has 5 nitrogen and oxygen atoms in total. The van der Waals surface area contributed by atoms with Crippen molar-refractivity contribution in [1.29, 1.82) is 0 Å². The monoisotopic (exact) mass is 407 g/mol. The van der Waals surface area contributed by atoms with Crippen LogP contribution in [-0.2, 0) is 4.74 Å². The number of hydrogen-bond acceptors (Lipinski definition) is 5. The van der Waals surface area contributed by atoms with E-state index in [4.69, 9.17) is 4.74 Å². The smallest absolute Gasteiger partial charge is 0.341 e. The Morgan fingerprint density at radius 3 is 2.48 bits per heavy atom. The molecule has 0 aromatic carbocycles. The van der Waals surface area contributed by atoms with E-state index in [1.165, 1.54) is 52.3 Å². The van der Waals surface area contributed by atoms with E-state index in [2.05, 4.69) is 30.7 Å². The van der Waals surface area contributed by atoms with Crippen molar-refractivity contribution in [2.24, 2.45) is 11.8 Å². The molecule has 1 saturated carbocycles. The molecule has 0 spiro atoms. The summed E-state index contributed by atoms with van der Waals surface area (Å²) >= 11 is 3.41. The second kappa shape index (κ2) is 7.23. The van der Waals surface area contributed by atoms with E-state index in [1.54, 1.807) is 6.20 Å². The molecule has 25 heavy (non-hydrogen) atoms. The molecule has 0 radical (unpaired) electrons. The average Bonchev–Trinajstić information content (AvgIpc) is 3.20. The SMILES string of the molecule is COC(=O)c1cc(Br)cnc1N1CC2CN(C3CCCCC3)CC2C1. The van der Waals surface area contributed by atoms with E-state index in [0.717, 1.165) is 29.4 Å². The number of hydrogen-bond donors (Lipinski definition) is 0. The highest BCUT2D eigenvalue weighted by Gasteiger charge is 2.43. The first kappa shape index (κ1) is 17.3. The minimum Gasteiger partial charge on any atom is -0.465 e. The van der Waals surface area contributed by atoms with E-state index in [0.29, 0.717) is 17.4 Å². The largest absolute Gasteiger partial charge is 0.465 e. The van der Waals surface area contributed by atoms with Gasteiger partial charge in [0.25, 0.3) is 0 Å². The lowest BCUT2D eigenvalue weighted by atomic mass is 9.94. The molecule has 3 aliphatic rings. The molecule has 3 fully saturated rings. The van der Waals surface area contributed by atoms with Gasteiger partial charge in [0.1, 0.15) is 11.4 Å². The minimum absolute atomic E-state index is 0.315. The molecule has 1 aromatic rings. The summed E-state index contributed by atoms with van der Waals surface area (Å²) in [6, 6.07) is 2.63. The summed E-state index contributed by atoms with van der Waals surface area (Å²) in [7, 11) is 1.42. The highest BCUT2D eigenvalue weighted by molar-refractivity contribution is 9.10. The highest BCUT2D eigenvalue weighted by atomic mass is 79.9. The lowest BCUT2D eigenvalue weighted by Crippen LogP contribution is -2.38. The zero-order chi connectivity index (χ0) is 17.4. The van der Waals surface area contributed by atoms with Crippen molar-refractivity contribution in [3.63, 3.8) is 0 Å². The number of fused-ring (bicyclic) bond motifs is 1. The lowest BCUT2D eigenvalue weighted by molar-refractivity contribution is 0.0601. The van der Waals surface area contributed by atoms with Crippen molar-refractivity contribution in [2.45, 2.75) is 38.1 Å². The number of halogens is 1. The van der Waals surface area contributed by atoms with Crippen molar-refractivity contribution in [3.8, 4) is 0 Å².